The predicted molar refractivity (Wildman–Crippen MR) is 103 cm³/mol. The van der Waals surface area contributed by atoms with Crippen LogP contribution in [0.3, 0.4) is 0 Å². The van der Waals surface area contributed by atoms with E-state index in [0.29, 0.717) is 44.8 Å². The molecule has 0 saturated heterocycles. The molecule has 25 heavy (non-hydrogen) atoms. The number of nitrogens with zero attached hydrogens (tertiary/aromatic N) is 2. The topological polar surface area (TPSA) is 60.7 Å². The van der Waals surface area contributed by atoms with E-state index in [0.717, 1.165) is 11.3 Å². The molecule has 0 amide bonds. The average molecular weight is 437 g/mol. The van der Waals surface area contributed by atoms with Crippen LogP contribution in [-0.4, -0.2) is 26.2 Å². The summed E-state index contributed by atoms with van der Waals surface area (Å²) >= 11 is 14.9. The van der Waals surface area contributed by atoms with E-state index in [-0.39, 0.29) is 4.21 Å². The highest BCUT2D eigenvalue weighted by atomic mass is 35.5. The summed E-state index contributed by atoms with van der Waals surface area (Å²) in [5.41, 5.74) is 0.666. The summed E-state index contributed by atoms with van der Waals surface area (Å²) in [5.74, 6) is 0. The summed E-state index contributed by atoms with van der Waals surface area (Å²) < 4.78 is 37.1. The second-order valence-corrected chi connectivity index (χ2v) is 9.51. The Bertz CT molecular complexity index is 1050. The Balaban J connectivity index is 2.23. The van der Waals surface area contributed by atoms with E-state index < -0.39 is 10.0 Å². The maximum Gasteiger partial charge on any atom is 0.294 e. The van der Waals surface area contributed by atoms with Crippen LogP contribution < -0.4 is 4.80 Å². The highest BCUT2D eigenvalue weighted by Gasteiger charge is 2.18. The maximum absolute atomic E-state index is 12.5. The number of ether oxygens (including phenoxy) is 1. The van der Waals surface area contributed by atoms with Crippen molar-refractivity contribution in [2.24, 2.45) is 4.40 Å². The fourth-order valence-corrected chi connectivity index (χ4v) is 6.09. The number of rotatable bonds is 6. The smallest absolute Gasteiger partial charge is 0.294 e. The third-order valence-corrected chi connectivity index (χ3v) is 7.94. The Morgan fingerprint density at radius 1 is 1.24 bits per heavy atom. The van der Waals surface area contributed by atoms with Gasteiger partial charge in [0, 0.05) is 13.2 Å². The summed E-state index contributed by atoms with van der Waals surface area (Å²) in [4.78, 5) is 0.318. The van der Waals surface area contributed by atoms with Gasteiger partial charge in [0.1, 0.15) is 4.21 Å². The molecule has 10 heteroatoms. The molecule has 3 rings (SSSR count). The molecule has 0 aliphatic heterocycles. The molecule has 5 nitrogen and oxygen atoms in total. The van der Waals surface area contributed by atoms with Crippen molar-refractivity contribution in [2.45, 2.75) is 17.7 Å². The second-order valence-electron chi connectivity index (χ2n) is 4.94. The summed E-state index contributed by atoms with van der Waals surface area (Å²) in [6.45, 7) is 3.30. The van der Waals surface area contributed by atoms with Crippen molar-refractivity contribution in [3.05, 3.63) is 44.5 Å². The standard InChI is InChI=1S/C15H14Cl2N2O3S3/c1-2-22-8-7-19-13-10(16)5-6-11(17)14(13)24-15(19)18-25(20,21)12-4-3-9-23-12/h3-6,9H,2,7-8H2,1H3/b18-15-. The number of aromatic nitrogens is 1. The van der Waals surface area contributed by atoms with Gasteiger partial charge in [-0.05, 0) is 30.5 Å². The van der Waals surface area contributed by atoms with Crippen LogP contribution in [0.2, 0.25) is 10.0 Å². The van der Waals surface area contributed by atoms with Crippen LogP contribution in [0, 0.1) is 0 Å². The number of hydrogen-bond acceptors (Lipinski definition) is 5. The molecule has 0 unspecified atom stereocenters. The first-order chi connectivity index (χ1) is 11.9. The van der Waals surface area contributed by atoms with E-state index in [1.165, 1.54) is 17.4 Å². The van der Waals surface area contributed by atoms with Crippen molar-refractivity contribution in [3.63, 3.8) is 0 Å². The van der Waals surface area contributed by atoms with Gasteiger partial charge in [0.15, 0.2) is 0 Å². The first kappa shape index (κ1) is 18.9. The minimum absolute atomic E-state index is 0.193. The van der Waals surface area contributed by atoms with Gasteiger partial charge in [-0.1, -0.05) is 40.6 Å². The zero-order valence-corrected chi connectivity index (χ0v) is 17.1. The van der Waals surface area contributed by atoms with Gasteiger partial charge in [-0.25, -0.2) is 0 Å². The van der Waals surface area contributed by atoms with Gasteiger partial charge >= 0.3 is 0 Å². The van der Waals surface area contributed by atoms with E-state index in [2.05, 4.69) is 4.40 Å². The Labute approximate surface area is 163 Å². The van der Waals surface area contributed by atoms with Gasteiger partial charge in [-0.15, -0.1) is 15.7 Å². The van der Waals surface area contributed by atoms with Crippen LogP contribution in [0.1, 0.15) is 6.92 Å². The summed E-state index contributed by atoms with van der Waals surface area (Å²) in [6.07, 6.45) is 0. The minimum atomic E-state index is -3.79. The van der Waals surface area contributed by atoms with Gasteiger partial charge in [0.25, 0.3) is 10.0 Å². The Hall–Kier alpha value is -0.900. The lowest BCUT2D eigenvalue weighted by atomic mass is 10.3. The molecule has 2 aromatic heterocycles. The molecule has 0 N–H and O–H groups in total. The van der Waals surface area contributed by atoms with Crippen molar-refractivity contribution in [1.29, 1.82) is 0 Å². The number of thiazole rings is 1. The molecule has 0 saturated carbocycles. The molecule has 2 heterocycles. The maximum atomic E-state index is 12.5. The Morgan fingerprint density at radius 2 is 2.00 bits per heavy atom. The van der Waals surface area contributed by atoms with Crippen molar-refractivity contribution in [3.8, 4) is 0 Å². The molecule has 1 aromatic carbocycles. The fraction of sp³-hybridized carbons (Fsp3) is 0.267. The number of fused-ring (bicyclic) bond motifs is 1. The van der Waals surface area contributed by atoms with E-state index in [1.807, 2.05) is 6.92 Å². The van der Waals surface area contributed by atoms with E-state index in [4.69, 9.17) is 27.9 Å². The van der Waals surface area contributed by atoms with Crippen LogP contribution in [-0.2, 0) is 21.3 Å². The largest absolute Gasteiger partial charge is 0.380 e. The summed E-state index contributed by atoms with van der Waals surface area (Å²) in [6, 6.07) is 6.58. The monoisotopic (exact) mass is 436 g/mol. The van der Waals surface area contributed by atoms with Gasteiger partial charge in [0.2, 0.25) is 4.80 Å². The van der Waals surface area contributed by atoms with E-state index >= 15 is 0 Å². The van der Waals surface area contributed by atoms with E-state index in [9.17, 15) is 8.42 Å². The fourth-order valence-electron chi connectivity index (χ4n) is 2.25. The first-order valence-corrected chi connectivity index (χ1v) is 11.2. The molecule has 0 aliphatic carbocycles. The third-order valence-electron chi connectivity index (χ3n) is 3.34. The second kappa shape index (κ2) is 7.77. The average Bonchev–Trinajstić information content (AvgIpc) is 3.21. The van der Waals surface area contributed by atoms with Gasteiger partial charge in [0.05, 0.1) is 26.9 Å². The molecule has 0 spiro atoms. The van der Waals surface area contributed by atoms with E-state index in [1.54, 1.807) is 28.1 Å². The minimum Gasteiger partial charge on any atom is -0.380 e. The lowest BCUT2D eigenvalue weighted by molar-refractivity contribution is 0.139. The Kier molecular flexibility index (Phi) is 5.87. The van der Waals surface area contributed by atoms with Crippen LogP contribution in [0.15, 0.2) is 38.3 Å². The highest BCUT2D eigenvalue weighted by molar-refractivity contribution is 7.92. The molecule has 0 bridgehead atoms. The molecule has 0 atom stereocenters. The van der Waals surface area contributed by atoms with Gasteiger partial charge in [-0.2, -0.15) is 8.42 Å². The molecule has 3 aromatic rings. The van der Waals surface area contributed by atoms with Crippen LogP contribution in [0.25, 0.3) is 10.2 Å². The number of hydrogen-bond donors (Lipinski definition) is 0. The van der Waals surface area contributed by atoms with Crippen molar-refractivity contribution in [1.82, 2.24) is 4.57 Å². The number of halogens is 2. The summed E-state index contributed by atoms with van der Waals surface area (Å²) in [5, 5.41) is 2.69. The highest BCUT2D eigenvalue weighted by Crippen LogP contribution is 2.32. The lowest BCUT2D eigenvalue weighted by Crippen LogP contribution is -2.19. The van der Waals surface area contributed by atoms with Crippen LogP contribution in [0.5, 0.6) is 0 Å². The zero-order chi connectivity index (χ0) is 18.0. The molecule has 0 fully saturated rings. The third kappa shape index (κ3) is 3.94. The van der Waals surface area contributed by atoms with Gasteiger partial charge < -0.3 is 9.30 Å². The van der Waals surface area contributed by atoms with Crippen molar-refractivity contribution < 1.29 is 13.2 Å². The quantitative estimate of drug-likeness (QED) is 0.537. The Morgan fingerprint density at radius 3 is 2.68 bits per heavy atom. The molecular formula is C15H14Cl2N2O3S3. The SMILES string of the molecule is CCOCCn1/c(=N/S(=O)(=O)c2cccs2)sc2c(Cl)ccc(Cl)c21. The molecule has 0 aliphatic rings. The lowest BCUT2D eigenvalue weighted by Gasteiger charge is -2.07. The normalized spacial score (nSPS) is 13.0. The number of sulfonamides is 1. The molecule has 0 radical (unpaired) electrons. The van der Waals surface area contributed by atoms with Crippen molar-refractivity contribution >= 4 is 66.1 Å². The summed E-state index contributed by atoms with van der Waals surface area (Å²) in [7, 11) is -3.79. The van der Waals surface area contributed by atoms with Crippen LogP contribution in [0.4, 0.5) is 0 Å². The predicted octanol–water partition coefficient (Wildman–Crippen LogP) is 4.40. The van der Waals surface area contributed by atoms with Crippen LogP contribution >= 0.6 is 45.9 Å². The number of thiophene rings is 1. The first-order valence-electron chi connectivity index (χ1n) is 7.33. The molecular weight excluding hydrogens is 423 g/mol. The zero-order valence-electron chi connectivity index (χ0n) is 13.1. The van der Waals surface area contributed by atoms with Crippen molar-refractivity contribution in [2.75, 3.05) is 13.2 Å². The number of benzene rings is 1. The molecule has 134 valence electrons. The van der Waals surface area contributed by atoms with Gasteiger partial charge in [-0.3, -0.25) is 0 Å².